The molecule has 0 saturated heterocycles. The number of phenols is 1. The zero-order valence-electron chi connectivity index (χ0n) is 20.7. The molecule has 3 aromatic carbocycles. The van der Waals surface area contributed by atoms with Crippen molar-refractivity contribution in [3.8, 4) is 11.5 Å². The Hall–Kier alpha value is -4.19. The number of hydrogen-bond acceptors (Lipinski definition) is 6. The third-order valence-electron chi connectivity index (χ3n) is 7.00. The van der Waals surface area contributed by atoms with E-state index in [0.717, 1.165) is 11.3 Å². The quantitative estimate of drug-likeness (QED) is 0.341. The van der Waals surface area contributed by atoms with Crippen LogP contribution in [-0.4, -0.2) is 35.8 Å². The molecule has 6 heteroatoms. The maximum atomic E-state index is 13.6. The van der Waals surface area contributed by atoms with Crippen molar-refractivity contribution in [1.82, 2.24) is 0 Å². The van der Waals surface area contributed by atoms with Crippen LogP contribution in [0.15, 0.2) is 101 Å². The number of aliphatic imine (C=N–C) groups is 1. The van der Waals surface area contributed by atoms with E-state index >= 15 is 0 Å². The SMILES string of the molecule is CC1=C(C(=O)OCCOc2ccccc2)C(c2cccc(O)c2)C2C(=O)CC(c3ccccc3)CC2=N1. The Balaban J connectivity index is 1.42. The third-order valence-corrected chi connectivity index (χ3v) is 7.00. The second kappa shape index (κ2) is 10.8. The van der Waals surface area contributed by atoms with Crippen molar-refractivity contribution < 1.29 is 24.2 Å². The summed E-state index contributed by atoms with van der Waals surface area (Å²) >= 11 is 0. The van der Waals surface area contributed by atoms with Crippen LogP contribution in [0.3, 0.4) is 0 Å². The number of rotatable bonds is 7. The molecule has 1 heterocycles. The Morgan fingerprint density at radius 1 is 0.892 bits per heavy atom. The van der Waals surface area contributed by atoms with Gasteiger partial charge in [-0.15, -0.1) is 0 Å². The van der Waals surface area contributed by atoms with Gasteiger partial charge in [-0.1, -0.05) is 60.7 Å². The first-order chi connectivity index (χ1) is 18.0. The van der Waals surface area contributed by atoms with Crippen molar-refractivity contribution >= 4 is 17.5 Å². The number of aromatic hydroxyl groups is 1. The molecule has 5 rings (SSSR count). The number of nitrogens with zero attached hydrogens (tertiary/aromatic N) is 1. The Bertz CT molecular complexity index is 1350. The molecule has 0 amide bonds. The highest BCUT2D eigenvalue weighted by Crippen LogP contribution is 2.46. The van der Waals surface area contributed by atoms with Gasteiger partial charge in [0.15, 0.2) is 0 Å². The summed E-state index contributed by atoms with van der Waals surface area (Å²) in [7, 11) is 0. The highest BCUT2D eigenvalue weighted by molar-refractivity contribution is 6.12. The smallest absolute Gasteiger partial charge is 0.336 e. The average Bonchev–Trinajstić information content (AvgIpc) is 2.91. The largest absolute Gasteiger partial charge is 0.508 e. The standard InChI is InChI=1S/C31H29NO5/c1-20-28(31(35)37-16-15-36-25-13-6-3-7-14-25)29(22-11-8-12-24(33)17-22)30-26(32-20)18-23(19-27(30)34)21-9-4-2-5-10-21/h2-14,17,23,29-30,33H,15-16,18-19H2,1H3. The van der Waals surface area contributed by atoms with E-state index in [4.69, 9.17) is 14.5 Å². The summed E-state index contributed by atoms with van der Waals surface area (Å²) < 4.78 is 11.2. The molecule has 1 N–H and O–H groups in total. The van der Waals surface area contributed by atoms with Gasteiger partial charge in [-0.2, -0.15) is 0 Å². The predicted octanol–water partition coefficient (Wildman–Crippen LogP) is 5.59. The number of allylic oxidation sites excluding steroid dienone is 1. The van der Waals surface area contributed by atoms with Gasteiger partial charge in [0, 0.05) is 23.7 Å². The summed E-state index contributed by atoms with van der Waals surface area (Å²) in [6, 6.07) is 26.1. The molecule has 1 saturated carbocycles. The van der Waals surface area contributed by atoms with Crippen LogP contribution < -0.4 is 4.74 Å². The van der Waals surface area contributed by atoms with Crippen molar-refractivity contribution in [2.24, 2.45) is 10.9 Å². The molecular weight excluding hydrogens is 466 g/mol. The number of benzene rings is 3. The predicted molar refractivity (Wildman–Crippen MR) is 141 cm³/mol. The van der Waals surface area contributed by atoms with E-state index in [2.05, 4.69) is 0 Å². The fraction of sp³-hybridized carbons (Fsp3) is 0.258. The molecule has 3 atom stereocenters. The fourth-order valence-electron chi connectivity index (χ4n) is 5.37. The highest BCUT2D eigenvalue weighted by atomic mass is 16.6. The van der Waals surface area contributed by atoms with E-state index in [0.29, 0.717) is 35.4 Å². The van der Waals surface area contributed by atoms with Crippen molar-refractivity contribution in [2.75, 3.05) is 13.2 Å². The molecule has 0 bridgehead atoms. The Morgan fingerprint density at radius 3 is 2.32 bits per heavy atom. The molecule has 188 valence electrons. The summed E-state index contributed by atoms with van der Waals surface area (Å²) in [5, 5.41) is 10.2. The third kappa shape index (κ3) is 5.33. The number of Topliss-reactive ketones (excluding diaryl/α,β-unsaturated/α-hetero) is 1. The first-order valence-corrected chi connectivity index (χ1v) is 12.5. The molecule has 37 heavy (non-hydrogen) atoms. The molecule has 1 aliphatic heterocycles. The monoisotopic (exact) mass is 495 g/mol. The zero-order chi connectivity index (χ0) is 25.8. The molecule has 0 aromatic heterocycles. The Labute approximate surface area is 216 Å². The minimum Gasteiger partial charge on any atom is -0.508 e. The van der Waals surface area contributed by atoms with Crippen LogP contribution in [0.2, 0.25) is 0 Å². The normalized spacial score (nSPS) is 21.2. The topological polar surface area (TPSA) is 85.2 Å². The van der Waals surface area contributed by atoms with Crippen LogP contribution in [-0.2, 0) is 14.3 Å². The second-order valence-electron chi connectivity index (χ2n) is 9.43. The molecule has 0 spiro atoms. The summed E-state index contributed by atoms with van der Waals surface area (Å²) in [5.74, 6) is -0.821. The number of hydrogen-bond donors (Lipinski definition) is 1. The fourth-order valence-corrected chi connectivity index (χ4v) is 5.37. The molecule has 1 fully saturated rings. The van der Waals surface area contributed by atoms with Crippen LogP contribution >= 0.6 is 0 Å². The first-order valence-electron chi connectivity index (χ1n) is 12.5. The minimum atomic E-state index is -0.577. The average molecular weight is 496 g/mol. The number of carbonyl (C=O) groups is 2. The number of phenolic OH excluding ortho intramolecular Hbond substituents is 1. The van der Waals surface area contributed by atoms with Gasteiger partial charge < -0.3 is 14.6 Å². The van der Waals surface area contributed by atoms with Gasteiger partial charge in [0.2, 0.25) is 0 Å². The molecular formula is C31H29NO5. The van der Waals surface area contributed by atoms with E-state index in [-0.39, 0.29) is 30.7 Å². The summed E-state index contributed by atoms with van der Waals surface area (Å²) in [6.07, 6.45) is 1.01. The maximum absolute atomic E-state index is 13.6. The number of esters is 1. The lowest BCUT2D eigenvalue weighted by Gasteiger charge is -2.38. The molecule has 0 radical (unpaired) electrons. The number of carbonyl (C=O) groups excluding carboxylic acids is 2. The van der Waals surface area contributed by atoms with Gasteiger partial charge in [-0.25, -0.2) is 4.79 Å². The number of fused-ring (bicyclic) bond motifs is 1. The lowest BCUT2D eigenvalue weighted by molar-refractivity contribution is -0.140. The lowest BCUT2D eigenvalue weighted by atomic mass is 9.66. The van der Waals surface area contributed by atoms with Crippen molar-refractivity contribution in [3.63, 3.8) is 0 Å². The highest BCUT2D eigenvalue weighted by Gasteiger charge is 2.46. The molecule has 6 nitrogen and oxygen atoms in total. The van der Waals surface area contributed by atoms with E-state index in [1.807, 2.05) is 66.7 Å². The van der Waals surface area contributed by atoms with Crippen LogP contribution in [0.4, 0.5) is 0 Å². The first kappa shape index (κ1) is 24.5. The van der Waals surface area contributed by atoms with Crippen LogP contribution in [0.25, 0.3) is 0 Å². The van der Waals surface area contributed by atoms with E-state index in [1.165, 1.54) is 0 Å². The lowest BCUT2D eigenvalue weighted by Crippen LogP contribution is -2.41. The Kier molecular flexibility index (Phi) is 7.17. The Morgan fingerprint density at radius 2 is 1.59 bits per heavy atom. The van der Waals surface area contributed by atoms with Crippen LogP contribution in [0.1, 0.15) is 42.7 Å². The molecule has 3 aromatic rings. The maximum Gasteiger partial charge on any atom is 0.336 e. The summed E-state index contributed by atoms with van der Waals surface area (Å²) in [6.45, 7) is 2.05. The number of ketones is 1. The van der Waals surface area contributed by atoms with Crippen molar-refractivity contribution in [2.45, 2.75) is 31.6 Å². The van der Waals surface area contributed by atoms with Gasteiger partial charge in [0.25, 0.3) is 0 Å². The summed E-state index contributed by atoms with van der Waals surface area (Å²) in [4.78, 5) is 31.8. The minimum absolute atomic E-state index is 0.0393. The second-order valence-corrected chi connectivity index (χ2v) is 9.43. The molecule has 3 unspecified atom stereocenters. The number of ether oxygens (including phenoxy) is 2. The van der Waals surface area contributed by atoms with Crippen LogP contribution in [0.5, 0.6) is 11.5 Å². The van der Waals surface area contributed by atoms with Gasteiger partial charge in [0.1, 0.15) is 30.5 Å². The molecule has 1 aliphatic carbocycles. The number of para-hydroxylation sites is 1. The van der Waals surface area contributed by atoms with Gasteiger partial charge >= 0.3 is 5.97 Å². The van der Waals surface area contributed by atoms with Gasteiger partial charge in [0.05, 0.1) is 11.5 Å². The van der Waals surface area contributed by atoms with Crippen molar-refractivity contribution in [3.05, 3.63) is 107 Å². The van der Waals surface area contributed by atoms with Gasteiger partial charge in [-0.05, 0) is 54.7 Å². The van der Waals surface area contributed by atoms with E-state index < -0.39 is 17.8 Å². The van der Waals surface area contributed by atoms with E-state index in [1.54, 1.807) is 25.1 Å². The van der Waals surface area contributed by atoms with Crippen LogP contribution in [0, 0.1) is 5.92 Å². The van der Waals surface area contributed by atoms with Crippen molar-refractivity contribution in [1.29, 1.82) is 0 Å². The van der Waals surface area contributed by atoms with E-state index in [9.17, 15) is 14.7 Å². The zero-order valence-corrected chi connectivity index (χ0v) is 20.7. The molecule has 2 aliphatic rings. The summed E-state index contributed by atoms with van der Waals surface area (Å²) in [5.41, 5.74) is 3.47. The van der Waals surface area contributed by atoms with Gasteiger partial charge in [-0.3, -0.25) is 9.79 Å².